The molecule has 1 aliphatic heterocycles. The van der Waals surface area contributed by atoms with Crippen LogP contribution >= 0.6 is 0 Å². The Kier molecular flexibility index (Phi) is 1.70. The summed E-state index contributed by atoms with van der Waals surface area (Å²) in [6.07, 6.45) is 0. The van der Waals surface area contributed by atoms with Crippen LogP contribution in [0.1, 0.15) is 0 Å². The first-order valence-corrected chi connectivity index (χ1v) is 4.92. The van der Waals surface area contributed by atoms with Crippen LogP contribution < -0.4 is 4.16 Å². The van der Waals surface area contributed by atoms with Crippen molar-refractivity contribution in [2.75, 3.05) is 0 Å². The fourth-order valence-electron chi connectivity index (χ4n) is 1.12. The Morgan fingerprint density at radius 2 is 2.00 bits per heavy atom. The molecule has 0 aliphatic carbocycles. The van der Waals surface area contributed by atoms with E-state index in [1.165, 1.54) is 18.2 Å². The van der Waals surface area contributed by atoms with Crippen LogP contribution in [-0.2, 0) is 10.3 Å². The van der Waals surface area contributed by atoms with E-state index in [1.54, 1.807) is 6.07 Å². The summed E-state index contributed by atoms with van der Waals surface area (Å²) in [5.74, 6) is 0. The molecule has 74 valence electrons. The molecule has 1 heterocycles. The van der Waals surface area contributed by atoms with Crippen LogP contribution in [0.25, 0.3) is 0 Å². The van der Waals surface area contributed by atoms with Gasteiger partial charge in [-0.05, 0) is 6.07 Å². The van der Waals surface area contributed by atoms with Crippen molar-refractivity contribution in [3.05, 3.63) is 24.3 Å². The predicted molar refractivity (Wildman–Crippen MR) is 44.2 cm³/mol. The third-order valence-corrected chi connectivity index (χ3v) is 2.67. The third-order valence-electron chi connectivity index (χ3n) is 1.78. The number of hydrogen-bond acceptors (Lipinski definition) is 6. The molecular weight excluding hydrogens is 210 g/mol. The van der Waals surface area contributed by atoms with Crippen LogP contribution in [0.4, 0.5) is 11.4 Å². The molecule has 14 heavy (non-hydrogen) atoms. The van der Waals surface area contributed by atoms with E-state index in [0.29, 0.717) is 0 Å². The molecule has 0 fully saturated rings. The standard InChI is InChI=1S/C6H5N3O4S/c10-9(14(11,12)13)6-4-2-1-3-5(6)7-8-9/h1-4,10H. The molecule has 0 spiro atoms. The first-order chi connectivity index (χ1) is 6.45. The van der Waals surface area contributed by atoms with Gasteiger partial charge in [-0.2, -0.15) is 13.6 Å². The van der Waals surface area contributed by atoms with Crippen LogP contribution in [-0.4, -0.2) is 18.2 Å². The van der Waals surface area contributed by atoms with E-state index in [9.17, 15) is 18.2 Å². The predicted octanol–water partition coefficient (Wildman–Crippen LogP) is 0.856. The van der Waals surface area contributed by atoms with Crippen LogP contribution in [0, 0.1) is 0 Å². The summed E-state index contributed by atoms with van der Waals surface area (Å²) in [5.41, 5.74) is -0.00285. The van der Waals surface area contributed by atoms with Crippen molar-refractivity contribution in [1.82, 2.24) is 4.16 Å². The van der Waals surface area contributed by atoms with Crippen LogP contribution in [0.15, 0.2) is 34.6 Å². The van der Waals surface area contributed by atoms with E-state index in [-0.39, 0.29) is 11.4 Å². The lowest BCUT2D eigenvalue weighted by Gasteiger charge is -2.19. The van der Waals surface area contributed by atoms with E-state index in [1.807, 2.05) is 0 Å². The minimum absolute atomic E-state index is 0.162. The minimum atomic E-state index is -5.03. The number of benzene rings is 1. The highest BCUT2D eigenvalue weighted by Crippen LogP contribution is 2.40. The molecule has 7 nitrogen and oxygen atoms in total. The molecule has 0 bridgehead atoms. The topological polar surface area (TPSA) is 102 Å². The van der Waals surface area contributed by atoms with Crippen molar-refractivity contribution < 1.29 is 18.2 Å². The number of quaternary nitrogens is 1. The normalized spacial score (nSPS) is 25.0. The van der Waals surface area contributed by atoms with Gasteiger partial charge in [-0.15, -0.1) is 0 Å². The number of nitrogens with zero attached hydrogens (tertiary/aromatic N) is 3. The molecule has 1 aromatic carbocycles. The lowest BCUT2D eigenvalue weighted by molar-refractivity contribution is 0.000589. The number of fused-ring (bicyclic) bond motifs is 1. The molecule has 1 unspecified atom stereocenters. The second-order valence-electron chi connectivity index (χ2n) is 2.65. The van der Waals surface area contributed by atoms with E-state index < -0.39 is 14.5 Å². The molecule has 0 saturated carbocycles. The third kappa shape index (κ3) is 1.06. The first-order valence-electron chi connectivity index (χ1n) is 3.56. The van der Waals surface area contributed by atoms with Gasteiger partial charge >= 0.3 is 10.3 Å². The second kappa shape index (κ2) is 2.58. The monoisotopic (exact) mass is 215 g/mol. The molecule has 2 rings (SSSR count). The SMILES string of the molecule is O=S(=O)([O-])[N+]1(O)N=Nc2ccccc21. The first kappa shape index (κ1) is 9.21. The van der Waals surface area contributed by atoms with Gasteiger partial charge in [0, 0.05) is 6.07 Å². The largest absolute Gasteiger partial charge is 0.697 e. The Balaban J connectivity index is 2.71. The van der Waals surface area contributed by atoms with Crippen LogP contribution in [0.2, 0.25) is 0 Å². The Bertz CT molecular complexity index is 512. The smallest absolute Gasteiger partial charge is 0.318 e. The van der Waals surface area contributed by atoms with Gasteiger partial charge in [-0.25, -0.2) is 0 Å². The van der Waals surface area contributed by atoms with Gasteiger partial charge in [0.1, 0.15) is 0 Å². The van der Waals surface area contributed by atoms with E-state index in [4.69, 9.17) is 0 Å². The average Bonchev–Trinajstić information content (AvgIpc) is 2.45. The van der Waals surface area contributed by atoms with Gasteiger partial charge in [0.2, 0.25) is 5.69 Å². The van der Waals surface area contributed by atoms with Gasteiger partial charge in [-0.3, -0.25) is 0 Å². The van der Waals surface area contributed by atoms with Crippen LogP contribution in [0.3, 0.4) is 0 Å². The summed E-state index contributed by atoms with van der Waals surface area (Å²) in [4.78, 5) is 0. The highest BCUT2D eigenvalue weighted by atomic mass is 32.2. The second-order valence-corrected chi connectivity index (χ2v) is 4.01. The molecule has 0 aromatic heterocycles. The van der Waals surface area contributed by atoms with Crippen molar-refractivity contribution in [3.8, 4) is 0 Å². The molecule has 0 amide bonds. The Hall–Kier alpha value is -1.35. The van der Waals surface area contributed by atoms with E-state index in [0.717, 1.165) is 0 Å². The number of rotatable bonds is 1. The Morgan fingerprint density at radius 3 is 2.64 bits per heavy atom. The molecule has 0 saturated heterocycles. The van der Waals surface area contributed by atoms with Crippen molar-refractivity contribution in [2.24, 2.45) is 10.3 Å². The Morgan fingerprint density at radius 1 is 1.36 bits per heavy atom. The zero-order chi connectivity index (χ0) is 10.4. The maximum Gasteiger partial charge on any atom is 0.318 e. The summed E-state index contributed by atoms with van der Waals surface area (Å²) in [6, 6.07) is 5.78. The minimum Gasteiger partial charge on any atom is -0.697 e. The fraction of sp³-hybridized carbons (Fsp3) is 0. The summed E-state index contributed by atoms with van der Waals surface area (Å²) in [6.45, 7) is 0. The van der Waals surface area contributed by atoms with Crippen LogP contribution in [0.5, 0.6) is 0 Å². The molecule has 0 radical (unpaired) electrons. The average molecular weight is 215 g/mol. The number of para-hydroxylation sites is 1. The zero-order valence-corrected chi connectivity index (χ0v) is 7.55. The summed E-state index contributed by atoms with van der Waals surface area (Å²) in [5, 5.41) is 15.9. The quantitative estimate of drug-likeness (QED) is 0.554. The fourth-order valence-corrected chi connectivity index (χ4v) is 1.64. The van der Waals surface area contributed by atoms with E-state index in [2.05, 4.69) is 10.3 Å². The van der Waals surface area contributed by atoms with Crippen molar-refractivity contribution in [2.45, 2.75) is 0 Å². The molecule has 8 heteroatoms. The summed E-state index contributed by atoms with van der Waals surface area (Å²) >= 11 is 0. The van der Waals surface area contributed by atoms with Gasteiger partial charge in [-0.1, -0.05) is 17.2 Å². The van der Waals surface area contributed by atoms with Gasteiger partial charge in [0.25, 0.3) is 0 Å². The lowest BCUT2D eigenvalue weighted by Crippen LogP contribution is -2.44. The van der Waals surface area contributed by atoms with Gasteiger partial charge in [0.05, 0.1) is 9.38 Å². The van der Waals surface area contributed by atoms with Crippen molar-refractivity contribution in [3.63, 3.8) is 0 Å². The zero-order valence-electron chi connectivity index (χ0n) is 6.73. The number of hydrogen-bond donors (Lipinski definition) is 1. The molecule has 1 aromatic rings. The molecule has 1 aliphatic rings. The molecular formula is C6H5N3O4S. The molecule has 1 atom stereocenters. The van der Waals surface area contributed by atoms with Crippen molar-refractivity contribution in [1.29, 1.82) is 0 Å². The maximum atomic E-state index is 10.7. The van der Waals surface area contributed by atoms with Crippen molar-refractivity contribution >= 4 is 21.7 Å². The Labute approximate surface area is 79.3 Å². The lowest BCUT2D eigenvalue weighted by atomic mass is 10.3. The van der Waals surface area contributed by atoms with Gasteiger partial charge in [0.15, 0.2) is 5.69 Å². The maximum absolute atomic E-state index is 10.7. The van der Waals surface area contributed by atoms with Gasteiger partial charge < -0.3 is 4.55 Å². The molecule has 1 N–H and O–H groups in total. The highest BCUT2D eigenvalue weighted by molar-refractivity contribution is 7.85. The summed E-state index contributed by atoms with van der Waals surface area (Å²) in [7, 11) is -5.03. The summed E-state index contributed by atoms with van der Waals surface area (Å²) < 4.78 is 30.1. The highest BCUT2D eigenvalue weighted by Gasteiger charge is 2.45. The van der Waals surface area contributed by atoms with E-state index >= 15 is 0 Å².